The number of hydrogen-bond acceptors (Lipinski definition) is 4. The predicted molar refractivity (Wildman–Crippen MR) is 63.9 cm³/mol. The van der Waals surface area contributed by atoms with E-state index in [0.717, 1.165) is 6.42 Å². The normalized spacial score (nSPS) is 29.9. The van der Waals surface area contributed by atoms with Gasteiger partial charge in [-0.2, -0.15) is 0 Å². The van der Waals surface area contributed by atoms with Crippen LogP contribution < -0.4 is 5.73 Å². The molecule has 3 nitrogen and oxygen atoms in total. The van der Waals surface area contributed by atoms with E-state index in [1.165, 1.54) is 20.0 Å². The van der Waals surface area contributed by atoms with Crippen LogP contribution in [-0.4, -0.2) is 30.1 Å². The minimum Gasteiger partial charge on any atom is -0.468 e. The summed E-state index contributed by atoms with van der Waals surface area (Å²) in [4.78, 5) is 11.0. The molecule has 1 rings (SSSR count). The number of methoxy groups -OCH3 is 1. The van der Waals surface area contributed by atoms with Gasteiger partial charge in [-0.25, -0.2) is 0 Å². The van der Waals surface area contributed by atoms with Crippen molar-refractivity contribution in [2.75, 3.05) is 12.9 Å². The number of carbonyl (C=O) groups is 1. The largest absolute Gasteiger partial charge is 0.468 e. The summed E-state index contributed by atoms with van der Waals surface area (Å²) in [6.07, 6.45) is 3.51. The summed E-state index contributed by atoms with van der Waals surface area (Å²) in [6.45, 7) is 4.42. The molecule has 0 aromatic heterocycles. The van der Waals surface area contributed by atoms with Gasteiger partial charge in [-0.1, -0.05) is 20.3 Å². The molecule has 0 bridgehead atoms. The first-order chi connectivity index (χ1) is 6.97. The quantitative estimate of drug-likeness (QED) is 0.753. The fourth-order valence-corrected chi connectivity index (χ4v) is 3.41. The lowest BCUT2D eigenvalue weighted by molar-refractivity contribution is -0.137. The van der Waals surface area contributed by atoms with Gasteiger partial charge in [0.05, 0.1) is 12.9 Å². The van der Waals surface area contributed by atoms with Crippen LogP contribution >= 0.6 is 11.8 Å². The van der Waals surface area contributed by atoms with E-state index < -0.39 is 0 Å². The summed E-state index contributed by atoms with van der Waals surface area (Å²) in [7, 11) is 1.42. The number of ether oxygens (including phenoxy) is 1. The lowest BCUT2D eigenvalue weighted by Crippen LogP contribution is -2.48. The van der Waals surface area contributed by atoms with Gasteiger partial charge in [0.2, 0.25) is 0 Å². The highest BCUT2D eigenvalue weighted by Gasteiger charge is 2.36. The van der Waals surface area contributed by atoms with Gasteiger partial charge in [0.1, 0.15) is 0 Å². The minimum atomic E-state index is -0.157. The van der Waals surface area contributed by atoms with E-state index in [0.29, 0.717) is 11.0 Å². The van der Waals surface area contributed by atoms with Crippen LogP contribution in [0.2, 0.25) is 0 Å². The second-order valence-electron chi connectivity index (χ2n) is 4.83. The van der Waals surface area contributed by atoms with E-state index in [1.54, 1.807) is 11.8 Å². The average Bonchev–Trinajstić information content (AvgIpc) is 2.19. The molecule has 2 N–H and O–H groups in total. The third kappa shape index (κ3) is 3.38. The van der Waals surface area contributed by atoms with Crippen LogP contribution in [0.25, 0.3) is 0 Å². The summed E-state index contributed by atoms with van der Waals surface area (Å²) < 4.78 is 4.63. The zero-order valence-electron chi connectivity index (χ0n) is 9.79. The van der Waals surface area contributed by atoms with Crippen molar-refractivity contribution in [1.29, 1.82) is 0 Å². The van der Waals surface area contributed by atoms with Gasteiger partial charge in [-0.3, -0.25) is 4.79 Å². The van der Waals surface area contributed by atoms with Crippen molar-refractivity contribution in [3.05, 3.63) is 0 Å². The summed E-state index contributed by atoms with van der Waals surface area (Å²) in [5, 5.41) is 0.396. The Hall–Kier alpha value is -0.220. The first-order valence-electron chi connectivity index (χ1n) is 5.41. The maximum atomic E-state index is 11.0. The van der Waals surface area contributed by atoms with Gasteiger partial charge < -0.3 is 10.5 Å². The molecule has 0 aliphatic heterocycles. The molecule has 0 heterocycles. The number of esters is 1. The molecule has 0 amide bonds. The number of thioether (sulfide) groups is 1. The zero-order valence-corrected chi connectivity index (χ0v) is 10.6. The summed E-state index contributed by atoms with van der Waals surface area (Å²) in [5.74, 6) is 0.265. The fraction of sp³-hybridized carbons (Fsp3) is 0.909. The van der Waals surface area contributed by atoms with Crippen LogP contribution in [0.3, 0.4) is 0 Å². The molecule has 2 atom stereocenters. The SMILES string of the molecule is COC(=O)CSC1CCCC(C)(C)C1N. The Morgan fingerprint density at radius 2 is 2.27 bits per heavy atom. The van der Waals surface area contributed by atoms with Crippen molar-refractivity contribution >= 4 is 17.7 Å². The van der Waals surface area contributed by atoms with Gasteiger partial charge in [-0.05, 0) is 18.3 Å². The second kappa shape index (κ2) is 5.21. The second-order valence-corrected chi connectivity index (χ2v) is 6.06. The third-order valence-electron chi connectivity index (χ3n) is 3.26. The standard InChI is InChI=1S/C11H21NO2S/c1-11(2)6-4-5-8(10(11)12)15-7-9(13)14-3/h8,10H,4-7,12H2,1-3H3. The number of hydrogen-bond donors (Lipinski definition) is 1. The molecule has 1 saturated carbocycles. The maximum absolute atomic E-state index is 11.0. The minimum absolute atomic E-state index is 0.157. The van der Waals surface area contributed by atoms with Crippen molar-refractivity contribution in [3.8, 4) is 0 Å². The Kier molecular flexibility index (Phi) is 4.46. The predicted octanol–water partition coefficient (Wildman–Crippen LogP) is 1.80. The molecule has 1 aliphatic carbocycles. The lowest BCUT2D eigenvalue weighted by Gasteiger charge is -2.41. The van der Waals surface area contributed by atoms with Gasteiger partial charge in [0, 0.05) is 11.3 Å². The van der Waals surface area contributed by atoms with Gasteiger partial charge in [-0.15, -0.1) is 11.8 Å². The molecular formula is C11H21NO2S. The van der Waals surface area contributed by atoms with E-state index in [-0.39, 0.29) is 17.4 Å². The molecular weight excluding hydrogens is 210 g/mol. The van der Waals surface area contributed by atoms with E-state index in [2.05, 4.69) is 18.6 Å². The number of carbonyl (C=O) groups excluding carboxylic acids is 1. The zero-order chi connectivity index (χ0) is 11.5. The highest BCUT2D eigenvalue weighted by molar-refractivity contribution is 8.00. The van der Waals surface area contributed by atoms with Gasteiger partial charge >= 0.3 is 5.97 Å². The average molecular weight is 231 g/mol. The highest BCUT2D eigenvalue weighted by Crippen LogP contribution is 2.39. The topological polar surface area (TPSA) is 52.3 Å². The highest BCUT2D eigenvalue weighted by atomic mass is 32.2. The first kappa shape index (κ1) is 12.8. The fourth-order valence-electron chi connectivity index (χ4n) is 2.03. The molecule has 0 radical (unpaired) electrons. The molecule has 4 heteroatoms. The summed E-state index contributed by atoms with van der Waals surface area (Å²) in [6, 6.07) is 0.181. The molecule has 1 aliphatic rings. The van der Waals surface area contributed by atoms with Crippen LogP contribution in [0.5, 0.6) is 0 Å². The molecule has 0 saturated heterocycles. The van der Waals surface area contributed by atoms with Crippen molar-refractivity contribution in [3.63, 3.8) is 0 Å². The van der Waals surface area contributed by atoms with Crippen LogP contribution in [0, 0.1) is 5.41 Å². The van der Waals surface area contributed by atoms with Crippen LogP contribution in [0.15, 0.2) is 0 Å². The van der Waals surface area contributed by atoms with Crippen LogP contribution in [-0.2, 0) is 9.53 Å². The van der Waals surface area contributed by atoms with E-state index in [1.807, 2.05) is 0 Å². The third-order valence-corrected chi connectivity index (χ3v) is 4.62. The van der Waals surface area contributed by atoms with Crippen molar-refractivity contribution in [2.45, 2.75) is 44.4 Å². The van der Waals surface area contributed by atoms with Crippen LogP contribution in [0.1, 0.15) is 33.1 Å². The molecule has 0 aromatic rings. The van der Waals surface area contributed by atoms with E-state index in [4.69, 9.17) is 5.73 Å². The Morgan fingerprint density at radius 1 is 1.60 bits per heavy atom. The molecule has 88 valence electrons. The smallest absolute Gasteiger partial charge is 0.315 e. The van der Waals surface area contributed by atoms with Gasteiger partial charge in [0.15, 0.2) is 0 Å². The van der Waals surface area contributed by atoms with E-state index in [9.17, 15) is 4.79 Å². The van der Waals surface area contributed by atoms with Crippen molar-refractivity contribution < 1.29 is 9.53 Å². The number of rotatable bonds is 3. The molecule has 0 aromatic carbocycles. The number of nitrogens with two attached hydrogens (primary N) is 1. The monoisotopic (exact) mass is 231 g/mol. The summed E-state index contributed by atoms with van der Waals surface area (Å²) in [5.41, 5.74) is 6.41. The first-order valence-corrected chi connectivity index (χ1v) is 6.46. The summed E-state index contributed by atoms with van der Waals surface area (Å²) >= 11 is 1.64. The molecule has 0 spiro atoms. The Bertz CT molecular complexity index is 231. The molecule has 2 unspecified atom stereocenters. The maximum Gasteiger partial charge on any atom is 0.315 e. The Morgan fingerprint density at radius 3 is 2.87 bits per heavy atom. The van der Waals surface area contributed by atoms with Gasteiger partial charge in [0.25, 0.3) is 0 Å². The van der Waals surface area contributed by atoms with Crippen molar-refractivity contribution in [1.82, 2.24) is 0 Å². The van der Waals surface area contributed by atoms with Crippen LogP contribution in [0.4, 0.5) is 0 Å². The lowest BCUT2D eigenvalue weighted by atomic mass is 9.73. The molecule has 15 heavy (non-hydrogen) atoms. The van der Waals surface area contributed by atoms with Crippen molar-refractivity contribution in [2.24, 2.45) is 11.1 Å². The Balaban J connectivity index is 2.44. The Labute approximate surface area is 96.1 Å². The molecule has 1 fully saturated rings. The van der Waals surface area contributed by atoms with E-state index >= 15 is 0 Å².